The fourth-order valence-corrected chi connectivity index (χ4v) is 11.2. The number of halogens is 2. The average molecular weight is 1110 g/mol. The van der Waals surface area contributed by atoms with E-state index in [0.29, 0.717) is 13.2 Å². The van der Waals surface area contributed by atoms with Gasteiger partial charge in [0.25, 0.3) is 0 Å². The van der Waals surface area contributed by atoms with E-state index >= 15 is 0 Å². The number of aromatic nitrogens is 2. The average Bonchev–Trinajstić information content (AvgIpc) is 3.91. The molecule has 0 aliphatic heterocycles. The van der Waals surface area contributed by atoms with Crippen LogP contribution in [-0.4, -0.2) is 22.3 Å². The highest BCUT2D eigenvalue weighted by atomic mass is 79.9. The van der Waals surface area contributed by atoms with Crippen LogP contribution in [0.3, 0.4) is 0 Å². The number of para-hydroxylation sites is 2. The summed E-state index contributed by atoms with van der Waals surface area (Å²) in [6, 6.07) is 53.1. The van der Waals surface area contributed by atoms with Crippen LogP contribution >= 0.6 is 31.9 Å². The molecule has 0 N–H and O–H groups in total. The second kappa shape index (κ2) is 27.1. The third-order valence-corrected chi connectivity index (χ3v) is 15.7. The number of rotatable bonds is 28. The van der Waals surface area contributed by atoms with Crippen LogP contribution in [0.2, 0.25) is 0 Å². The molecule has 0 atom stereocenters. The first-order chi connectivity index (χ1) is 36.4. The van der Waals surface area contributed by atoms with E-state index in [1.54, 1.807) is 0 Å². The monoisotopic (exact) mass is 1110 g/mol. The fourth-order valence-electron chi connectivity index (χ4n) is 10.5. The van der Waals surface area contributed by atoms with Crippen molar-refractivity contribution in [3.05, 3.63) is 188 Å². The van der Waals surface area contributed by atoms with Crippen LogP contribution in [0.4, 0.5) is 0 Å². The zero-order chi connectivity index (χ0) is 50.9. The van der Waals surface area contributed by atoms with Gasteiger partial charge in [-0.25, -0.2) is 0 Å². The highest BCUT2D eigenvalue weighted by Crippen LogP contribution is 2.36. The first-order valence-corrected chi connectivity index (χ1v) is 29.3. The van der Waals surface area contributed by atoms with E-state index in [2.05, 4.69) is 225 Å². The molecule has 0 radical (unpaired) electrons. The third kappa shape index (κ3) is 13.9. The lowest BCUT2D eigenvalue weighted by Gasteiger charge is -2.16. The summed E-state index contributed by atoms with van der Waals surface area (Å²) in [4.78, 5) is 0. The van der Waals surface area contributed by atoms with Gasteiger partial charge in [-0.3, -0.25) is 0 Å². The second-order valence-electron chi connectivity index (χ2n) is 20.3. The highest BCUT2D eigenvalue weighted by Gasteiger charge is 2.15. The Balaban J connectivity index is 0.958. The van der Waals surface area contributed by atoms with E-state index < -0.39 is 0 Å². The molecule has 0 saturated heterocycles. The first-order valence-electron chi connectivity index (χ1n) is 27.8. The molecule has 6 heteroatoms. The molecular formula is C68H74Br2N2O2. The Labute approximate surface area is 457 Å². The number of ether oxygens (including phenoxy) is 2. The van der Waals surface area contributed by atoms with Gasteiger partial charge in [-0.05, 0) is 83.6 Å². The Morgan fingerprint density at radius 2 is 0.730 bits per heavy atom. The van der Waals surface area contributed by atoms with E-state index in [9.17, 15) is 0 Å². The predicted molar refractivity (Wildman–Crippen MR) is 326 cm³/mol. The van der Waals surface area contributed by atoms with Gasteiger partial charge in [0, 0.05) is 65.7 Å². The fraction of sp³-hybridized carbons (Fsp3) is 0.324. The summed E-state index contributed by atoms with van der Waals surface area (Å²) in [5.41, 5.74) is 11.9. The van der Waals surface area contributed by atoms with Gasteiger partial charge in [0.15, 0.2) is 0 Å². The van der Waals surface area contributed by atoms with Crippen molar-refractivity contribution in [3.8, 4) is 11.5 Å². The van der Waals surface area contributed by atoms with E-state index in [1.165, 1.54) is 145 Å². The number of benzene rings is 7. The van der Waals surface area contributed by atoms with E-state index in [4.69, 9.17) is 9.47 Å². The van der Waals surface area contributed by atoms with Crippen molar-refractivity contribution in [3.63, 3.8) is 0 Å². The molecule has 0 aliphatic carbocycles. The number of hydrogen-bond acceptors (Lipinski definition) is 2. The molecule has 0 bridgehead atoms. The van der Waals surface area contributed by atoms with Crippen LogP contribution in [0, 0.1) is 0 Å². The van der Waals surface area contributed by atoms with Crippen molar-refractivity contribution in [2.24, 2.45) is 0 Å². The topological polar surface area (TPSA) is 28.3 Å². The molecule has 7 aromatic carbocycles. The molecule has 2 aromatic heterocycles. The summed E-state index contributed by atoms with van der Waals surface area (Å²) in [5, 5.41) is 5.13. The van der Waals surface area contributed by atoms with Gasteiger partial charge in [0.05, 0.1) is 24.2 Å². The molecule has 9 aromatic rings. The van der Waals surface area contributed by atoms with Crippen LogP contribution in [0.15, 0.2) is 155 Å². The van der Waals surface area contributed by atoms with Gasteiger partial charge < -0.3 is 18.6 Å². The van der Waals surface area contributed by atoms with Crippen LogP contribution in [0.5, 0.6) is 11.5 Å². The zero-order valence-corrected chi connectivity index (χ0v) is 46.9. The summed E-state index contributed by atoms with van der Waals surface area (Å²) in [5.74, 6) is 1.79. The van der Waals surface area contributed by atoms with Crippen LogP contribution in [0.25, 0.3) is 67.9 Å². The quantitative estimate of drug-likeness (QED) is 0.0361. The minimum Gasteiger partial charge on any atom is -0.493 e. The standard InChI is InChI=1S/C68H74Br2N2O2/c1-3-5-7-9-11-13-15-21-43-73-67-45-56(38-36-52-29-33-54(34-30-52)50-72-64-26-20-18-24-60(64)62-42-40-58(70)48-66(62)72)68(74-44-22-16-14-12-10-8-6-4-2)46-55(67)37-35-51-27-31-53(32-28-51)49-71-63-25-19-17-23-59(63)61-41-39-57(69)47-65(61)71/h17-20,23-42,45-48H,3-16,21-22,43-44,49-50H2,1-2H3/b37-35+,38-36+. The van der Waals surface area contributed by atoms with Crippen molar-refractivity contribution >= 4 is 99.8 Å². The number of fused-ring (bicyclic) bond motifs is 6. The third-order valence-electron chi connectivity index (χ3n) is 14.7. The van der Waals surface area contributed by atoms with Crippen molar-refractivity contribution < 1.29 is 9.47 Å². The number of nitrogens with zero attached hydrogens (tertiary/aromatic N) is 2. The van der Waals surface area contributed by atoms with Gasteiger partial charge in [0.1, 0.15) is 11.5 Å². The van der Waals surface area contributed by atoms with Gasteiger partial charge in [-0.1, -0.05) is 257 Å². The van der Waals surface area contributed by atoms with E-state index in [0.717, 1.165) is 68.6 Å². The normalized spacial score (nSPS) is 11.9. The summed E-state index contributed by atoms with van der Waals surface area (Å²) >= 11 is 7.46. The lowest BCUT2D eigenvalue weighted by atomic mass is 10.0. The van der Waals surface area contributed by atoms with Crippen molar-refractivity contribution in [1.82, 2.24) is 9.13 Å². The molecule has 382 valence electrons. The summed E-state index contributed by atoms with van der Waals surface area (Å²) in [6.07, 6.45) is 29.1. The minimum absolute atomic E-state index is 0.690. The Morgan fingerprint density at radius 1 is 0.365 bits per heavy atom. The smallest absolute Gasteiger partial charge is 0.127 e. The summed E-state index contributed by atoms with van der Waals surface area (Å²) in [7, 11) is 0. The molecule has 0 aliphatic rings. The largest absolute Gasteiger partial charge is 0.493 e. The number of unbranched alkanes of at least 4 members (excludes halogenated alkanes) is 14. The zero-order valence-electron chi connectivity index (χ0n) is 43.8. The molecule has 0 amide bonds. The predicted octanol–water partition coefficient (Wildman–Crippen LogP) is 20.9. The molecular weight excluding hydrogens is 1040 g/mol. The Morgan fingerprint density at radius 3 is 1.14 bits per heavy atom. The van der Waals surface area contributed by atoms with Gasteiger partial charge in [-0.15, -0.1) is 0 Å². The summed E-state index contributed by atoms with van der Waals surface area (Å²) in [6.45, 7) is 7.54. The molecule has 74 heavy (non-hydrogen) atoms. The van der Waals surface area contributed by atoms with Crippen molar-refractivity contribution in [1.29, 1.82) is 0 Å². The van der Waals surface area contributed by atoms with Crippen LogP contribution in [0.1, 0.15) is 150 Å². The van der Waals surface area contributed by atoms with E-state index in [-0.39, 0.29) is 0 Å². The van der Waals surface area contributed by atoms with Crippen molar-refractivity contribution in [2.45, 2.75) is 130 Å². The number of hydrogen-bond donors (Lipinski definition) is 0. The van der Waals surface area contributed by atoms with Gasteiger partial charge >= 0.3 is 0 Å². The SMILES string of the molecule is CCCCCCCCCCOc1cc(/C=C/c2ccc(Cn3c4ccccc4c4ccc(Br)cc43)cc2)c(OCCCCCCCCCC)cc1/C=C/c1ccc(Cn2c3ccccc3c3ccc(Br)cc32)cc1. The molecule has 0 spiro atoms. The lowest BCUT2D eigenvalue weighted by Crippen LogP contribution is -2.03. The maximum Gasteiger partial charge on any atom is 0.127 e. The van der Waals surface area contributed by atoms with Crippen molar-refractivity contribution in [2.75, 3.05) is 13.2 Å². The molecule has 4 nitrogen and oxygen atoms in total. The minimum atomic E-state index is 0.690. The van der Waals surface area contributed by atoms with Crippen LogP contribution < -0.4 is 9.47 Å². The van der Waals surface area contributed by atoms with Gasteiger partial charge in [0.2, 0.25) is 0 Å². The second-order valence-corrected chi connectivity index (χ2v) is 22.1. The van der Waals surface area contributed by atoms with E-state index in [1.807, 2.05) is 0 Å². The molecule has 0 saturated carbocycles. The Kier molecular flexibility index (Phi) is 19.4. The summed E-state index contributed by atoms with van der Waals surface area (Å²) < 4.78 is 20.6. The van der Waals surface area contributed by atoms with Crippen LogP contribution in [-0.2, 0) is 13.1 Å². The maximum atomic E-state index is 6.75. The first kappa shape index (κ1) is 53.0. The lowest BCUT2D eigenvalue weighted by molar-refractivity contribution is 0.295. The molecule has 0 fully saturated rings. The van der Waals surface area contributed by atoms with Gasteiger partial charge in [-0.2, -0.15) is 0 Å². The Bertz CT molecular complexity index is 3060. The highest BCUT2D eigenvalue weighted by molar-refractivity contribution is 9.10. The molecule has 2 heterocycles. The Hall–Kier alpha value is -5.82. The molecule has 9 rings (SSSR count). The molecule has 0 unspecified atom stereocenters. The maximum absolute atomic E-state index is 6.75.